The summed E-state index contributed by atoms with van der Waals surface area (Å²) in [6.07, 6.45) is 3.51. The Balaban J connectivity index is 2.11. The summed E-state index contributed by atoms with van der Waals surface area (Å²) in [5, 5.41) is 12.2. The fourth-order valence-corrected chi connectivity index (χ4v) is 2.59. The minimum absolute atomic E-state index is 0.0495. The number of amides is 1. The number of nitriles is 1. The van der Waals surface area contributed by atoms with Crippen molar-refractivity contribution in [3.8, 4) is 6.07 Å². The SMILES string of the molecule is CC(C)(C)NC(=O)C1CCCN(c2ncccc2C#N)C1. The maximum absolute atomic E-state index is 12.3. The lowest BCUT2D eigenvalue weighted by atomic mass is 9.95. The molecule has 0 radical (unpaired) electrons. The van der Waals surface area contributed by atoms with Crippen LogP contribution < -0.4 is 10.2 Å². The summed E-state index contributed by atoms with van der Waals surface area (Å²) in [7, 11) is 0. The Kier molecular flexibility index (Phi) is 4.46. The molecule has 1 fully saturated rings. The van der Waals surface area contributed by atoms with E-state index in [2.05, 4.69) is 21.3 Å². The van der Waals surface area contributed by atoms with E-state index in [9.17, 15) is 10.1 Å². The van der Waals surface area contributed by atoms with Crippen molar-refractivity contribution in [3.05, 3.63) is 23.9 Å². The Bertz CT molecular complexity index is 556. The van der Waals surface area contributed by atoms with Gasteiger partial charge >= 0.3 is 0 Å². The molecule has 21 heavy (non-hydrogen) atoms. The molecule has 0 saturated carbocycles. The Morgan fingerprint density at radius 3 is 2.95 bits per heavy atom. The number of anilines is 1. The van der Waals surface area contributed by atoms with Crippen molar-refractivity contribution in [2.75, 3.05) is 18.0 Å². The third-order valence-corrected chi connectivity index (χ3v) is 3.50. The highest BCUT2D eigenvalue weighted by molar-refractivity contribution is 5.80. The van der Waals surface area contributed by atoms with Crippen LogP contribution in [0.1, 0.15) is 39.2 Å². The third kappa shape index (κ3) is 3.94. The topological polar surface area (TPSA) is 69.0 Å². The van der Waals surface area contributed by atoms with E-state index in [1.807, 2.05) is 20.8 Å². The van der Waals surface area contributed by atoms with Crippen molar-refractivity contribution in [1.29, 1.82) is 5.26 Å². The monoisotopic (exact) mass is 286 g/mol. The van der Waals surface area contributed by atoms with Crippen LogP contribution in [0.5, 0.6) is 0 Å². The molecule has 0 spiro atoms. The number of carbonyl (C=O) groups is 1. The van der Waals surface area contributed by atoms with E-state index in [1.165, 1.54) is 0 Å². The average molecular weight is 286 g/mol. The zero-order valence-corrected chi connectivity index (χ0v) is 12.9. The van der Waals surface area contributed by atoms with Gasteiger partial charge in [-0.15, -0.1) is 0 Å². The van der Waals surface area contributed by atoms with E-state index in [0.717, 1.165) is 19.4 Å². The van der Waals surface area contributed by atoms with Crippen molar-refractivity contribution in [2.24, 2.45) is 5.92 Å². The number of hydrogen-bond acceptors (Lipinski definition) is 4. The molecule has 1 aromatic heterocycles. The van der Waals surface area contributed by atoms with E-state index < -0.39 is 0 Å². The Labute approximate surface area is 126 Å². The van der Waals surface area contributed by atoms with Crippen molar-refractivity contribution < 1.29 is 4.79 Å². The summed E-state index contributed by atoms with van der Waals surface area (Å²) in [6.45, 7) is 7.41. The van der Waals surface area contributed by atoms with Crippen molar-refractivity contribution >= 4 is 11.7 Å². The number of nitrogens with one attached hydrogen (secondary N) is 1. The van der Waals surface area contributed by atoms with Gasteiger partial charge in [0.2, 0.25) is 5.91 Å². The molecule has 1 saturated heterocycles. The summed E-state index contributed by atoms with van der Waals surface area (Å²) in [4.78, 5) is 18.7. The molecule has 1 N–H and O–H groups in total. The lowest BCUT2D eigenvalue weighted by Gasteiger charge is -2.34. The lowest BCUT2D eigenvalue weighted by Crippen LogP contribution is -2.49. The quantitative estimate of drug-likeness (QED) is 0.903. The molecule has 5 heteroatoms. The molecule has 0 aliphatic carbocycles. The van der Waals surface area contributed by atoms with Crippen LogP contribution >= 0.6 is 0 Å². The summed E-state index contributed by atoms with van der Waals surface area (Å²) in [5.74, 6) is 0.724. The van der Waals surface area contributed by atoms with Gasteiger partial charge in [-0.2, -0.15) is 5.26 Å². The number of pyridine rings is 1. The van der Waals surface area contributed by atoms with Gasteiger partial charge < -0.3 is 10.2 Å². The van der Waals surface area contributed by atoms with Crippen LogP contribution in [0.25, 0.3) is 0 Å². The molecule has 2 rings (SSSR count). The van der Waals surface area contributed by atoms with E-state index in [0.29, 0.717) is 17.9 Å². The second-order valence-corrected chi connectivity index (χ2v) is 6.51. The van der Waals surface area contributed by atoms with Crippen LogP contribution in [-0.2, 0) is 4.79 Å². The predicted molar refractivity (Wildman–Crippen MR) is 81.8 cm³/mol. The molecular weight excluding hydrogens is 264 g/mol. The fraction of sp³-hybridized carbons (Fsp3) is 0.562. The number of piperidine rings is 1. The highest BCUT2D eigenvalue weighted by Gasteiger charge is 2.29. The molecule has 1 aromatic rings. The van der Waals surface area contributed by atoms with Crippen LogP contribution in [0.4, 0.5) is 5.82 Å². The standard InChI is InChI=1S/C16H22N4O/c1-16(2,3)19-15(21)13-7-5-9-20(11-13)14-12(10-17)6-4-8-18-14/h4,6,8,13H,5,7,9,11H2,1-3H3,(H,19,21). The maximum atomic E-state index is 12.3. The second kappa shape index (κ2) is 6.13. The molecule has 0 bridgehead atoms. The van der Waals surface area contributed by atoms with Crippen molar-refractivity contribution in [3.63, 3.8) is 0 Å². The number of nitrogens with zero attached hydrogens (tertiary/aromatic N) is 3. The van der Waals surface area contributed by atoms with Crippen LogP contribution in [0.3, 0.4) is 0 Å². The molecule has 5 nitrogen and oxygen atoms in total. The van der Waals surface area contributed by atoms with Crippen molar-refractivity contribution in [1.82, 2.24) is 10.3 Å². The van der Waals surface area contributed by atoms with Gasteiger partial charge in [-0.1, -0.05) is 0 Å². The smallest absolute Gasteiger partial charge is 0.225 e. The van der Waals surface area contributed by atoms with Gasteiger partial charge in [0.1, 0.15) is 11.9 Å². The van der Waals surface area contributed by atoms with Gasteiger partial charge in [-0.3, -0.25) is 4.79 Å². The average Bonchev–Trinajstić information content (AvgIpc) is 2.45. The first-order valence-electron chi connectivity index (χ1n) is 7.33. The van der Waals surface area contributed by atoms with Gasteiger partial charge in [-0.05, 0) is 45.7 Å². The van der Waals surface area contributed by atoms with Crippen LogP contribution in [0, 0.1) is 17.2 Å². The van der Waals surface area contributed by atoms with Gasteiger partial charge in [0.05, 0.1) is 11.5 Å². The Hall–Kier alpha value is -2.09. The predicted octanol–water partition coefficient (Wildman–Crippen LogP) is 2.08. The zero-order valence-electron chi connectivity index (χ0n) is 12.9. The first-order chi connectivity index (χ1) is 9.90. The van der Waals surface area contributed by atoms with Crippen LogP contribution in [-0.4, -0.2) is 29.5 Å². The number of aromatic nitrogens is 1. The van der Waals surface area contributed by atoms with Gasteiger partial charge in [0, 0.05) is 24.8 Å². The fourth-order valence-electron chi connectivity index (χ4n) is 2.59. The lowest BCUT2D eigenvalue weighted by molar-refractivity contribution is -0.126. The van der Waals surface area contributed by atoms with Gasteiger partial charge in [0.25, 0.3) is 0 Å². The first-order valence-corrected chi connectivity index (χ1v) is 7.33. The first kappa shape index (κ1) is 15.3. The van der Waals surface area contributed by atoms with E-state index in [1.54, 1.807) is 18.3 Å². The van der Waals surface area contributed by atoms with Gasteiger partial charge in [-0.25, -0.2) is 4.98 Å². The maximum Gasteiger partial charge on any atom is 0.225 e. The molecule has 1 aliphatic rings. The van der Waals surface area contributed by atoms with Crippen LogP contribution in [0.2, 0.25) is 0 Å². The third-order valence-electron chi connectivity index (χ3n) is 3.50. The molecule has 112 valence electrons. The molecule has 1 unspecified atom stereocenters. The molecule has 1 aliphatic heterocycles. The number of hydrogen-bond donors (Lipinski definition) is 1. The summed E-state index contributed by atoms with van der Waals surface area (Å²) in [5.41, 5.74) is 0.344. The highest BCUT2D eigenvalue weighted by atomic mass is 16.2. The van der Waals surface area contributed by atoms with E-state index in [-0.39, 0.29) is 17.4 Å². The van der Waals surface area contributed by atoms with Crippen molar-refractivity contribution in [2.45, 2.75) is 39.2 Å². The van der Waals surface area contributed by atoms with Gasteiger partial charge in [0.15, 0.2) is 0 Å². The summed E-state index contributed by atoms with van der Waals surface area (Å²) in [6, 6.07) is 5.70. The number of rotatable bonds is 2. The largest absolute Gasteiger partial charge is 0.355 e. The molecule has 2 heterocycles. The molecule has 0 aromatic carbocycles. The second-order valence-electron chi connectivity index (χ2n) is 6.51. The zero-order chi connectivity index (χ0) is 15.5. The molecule has 1 amide bonds. The van der Waals surface area contributed by atoms with Crippen LogP contribution in [0.15, 0.2) is 18.3 Å². The molecular formula is C16H22N4O. The number of carbonyl (C=O) groups excluding carboxylic acids is 1. The van der Waals surface area contributed by atoms with E-state index >= 15 is 0 Å². The minimum Gasteiger partial charge on any atom is -0.355 e. The highest BCUT2D eigenvalue weighted by Crippen LogP contribution is 2.24. The summed E-state index contributed by atoms with van der Waals surface area (Å²) < 4.78 is 0. The molecule has 1 atom stereocenters. The Morgan fingerprint density at radius 2 is 2.29 bits per heavy atom. The Morgan fingerprint density at radius 1 is 1.52 bits per heavy atom. The summed E-state index contributed by atoms with van der Waals surface area (Å²) >= 11 is 0. The normalized spacial score (nSPS) is 19.0. The van der Waals surface area contributed by atoms with E-state index in [4.69, 9.17) is 0 Å². The minimum atomic E-state index is -0.220.